The maximum Gasteiger partial charge on any atom is 0.302 e. The van der Waals surface area contributed by atoms with Gasteiger partial charge in [0.25, 0.3) is 0 Å². The van der Waals surface area contributed by atoms with Crippen LogP contribution in [0.25, 0.3) is 0 Å². The number of hydrogen-bond acceptors (Lipinski definition) is 3. The van der Waals surface area contributed by atoms with Gasteiger partial charge in [-0.2, -0.15) is 0 Å². The second-order valence-electron chi connectivity index (χ2n) is 2.12. The summed E-state index contributed by atoms with van der Waals surface area (Å²) in [5.41, 5.74) is 0.903. The van der Waals surface area contributed by atoms with Gasteiger partial charge >= 0.3 is 5.91 Å². The van der Waals surface area contributed by atoms with E-state index in [-0.39, 0.29) is 5.91 Å². The third kappa shape index (κ3) is 2.36. The summed E-state index contributed by atoms with van der Waals surface area (Å²) in [6.07, 6.45) is 0. The normalized spacial score (nSPS) is 8.50. The molecule has 0 bridgehead atoms. The van der Waals surface area contributed by atoms with Crippen LogP contribution in [0.5, 0.6) is 0 Å². The fraction of sp³-hybridized carbons (Fsp3) is 0.250. The fourth-order valence-electron chi connectivity index (χ4n) is 0.653. The molecule has 0 aliphatic heterocycles. The molecule has 0 aliphatic carbocycles. The quantitative estimate of drug-likeness (QED) is 0.664. The van der Waals surface area contributed by atoms with Gasteiger partial charge in [-0.05, 0) is 19.8 Å². The first-order valence-electron chi connectivity index (χ1n) is 3.38. The van der Waals surface area contributed by atoms with E-state index < -0.39 is 0 Å². The number of thiazole rings is 1. The standard InChI is InChI=1S/C8H8N2OS/c1-3-4-7(11)10-8-9-6(2)5-12-8/h5H,1-2H3,(H,9,10,11). The van der Waals surface area contributed by atoms with E-state index in [0.29, 0.717) is 5.13 Å². The Kier molecular flexibility index (Phi) is 2.83. The topological polar surface area (TPSA) is 42.0 Å². The van der Waals surface area contributed by atoms with Gasteiger partial charge in [0.05, 0.1) is 5.69 Å². The van der Waals surface area contributed by atoms with Gasteiger partial charge in [0, 0.05) is 5.38 Å². The van der Waals surface area contributed by atoms with Gasteiger partial charge in [0.15, 0.2) is 5.13 Å². The van der Waals surface area contributed by atoms with Crippen molar-refractivity contribution in [3.05, 3.63) is 11.1 Å². The van der Waals surface area contributed by atoms with Crippen molar-refractivity contribution in [2.24, 2.45) is 0 Å². The molecule has 0 saturated carbocycles. The smallest absolute Gasteiger partial charge is 0.291 e. The predicted molar refractivity (Wildman–Crippen MR) is 48.9 cm³/mol. The Labute approximate surface area is 74.8 Å². The van der Waals surface area contributed by atoms with Crippen LogP contribution in [0.3, 0.4) is 0 Å². The van der Waals surface area contributed by atoms with Gasteiger partial charge in [-0.3, -0.25) is 10.1 Å². The zero-order valence-electron chi connectivity index (χ0n) is 6.84. The third-order valence-corrected chi connectivity index (χ3v) is 1.95. The third-order valence-electron chi connectivity index (χ3n) is 1.08. The lowest BCUT2D eigenvalue weighted by molar-refractivity contribution is -0.111. The predicted octanol–water partition coefficient (Wildman–Crippen LogP) is 1.41. The Morgan fingerprint density at radius 1 is 1.75 bits per heavy atom. The Morgan fingerprint density at radius 2 is 2.50 bits per heavy atom. The van der Waals surface area contributed by atoms with Crippen LogP contribution in [0.4, 0.5) is 5.13 Å². The number of amides is 1. The Hall–Kier alpha value is -1.34. The molecule has 0 unspecified atom stereocenters. The lowest BCUT2D eigenvalue weighted by Crippen LogP contribution is -2.07. The number of carbonyl (C=O) groups excluding carboxylic acids is 1. The molecule has 0 fully saturated rings. The minimum atomic E-state index is -0.313. The van der Waals surface area contributed by atoms with Crippen LogP contribution < -0.4 is 5.32 Å². The van der Waals surface area contributed by atoms with Crippen molar-refractivity contribution < 1.29 is 4.79 Å². The molecule has 1 heterocycles. The van der Waals surface area contributed by atoms with Crippen LogP contribution in [0.15, 0.2) is 5.38 Å². The zero-order valence-corrected chi connectivity index (χ0v) is 7.66. The summed E-state index contributed by atoms with van der Waals surface area (Å²) in [5, 5.41) is 5.03. The van der Waals surface area contributed by atoms with E-state index in [9.17, 15) is 4.79 Å². The molecule has 0 saturated heterocycles. The molecule has 3 nitrogen and oxygen atoms in total. The van der Waals surface area contributed by atoms with Crippen molar-refractivity contribution in [1.29, 1.82) is 0 Å². The molecule has 1 N–H and O–H groups in total. The Morgan fingerprint density at radius 3 is 3.00 bits per heavy atom. The second kappa shape index (κ2) is 3.88. The molecule has 1 rings (SSSR count). The van der Waals surface area contributed by atoms with E-state index in [2.05, 4.69) is 22.1 Å². The molecule has 0 spiro atoms. The molecule has 4 heteroatoms. The van der Waals surface area contributed by atoms with E-state index in [1.807, 2.05) is 12.3 Å². The highest BCUT2D eigenvalue weighted by atomic mass is 32.1. The number of hydrogen-bond donors (Lipinski definition) is 1. The van der Waals surface area contributed by atoms with Crippen LogP contribution in [-0.2, 0) is 4.79 Å². The first-order valence-corrected chi connectivity index (χ1v) is 4.26. The van der Waals surface area contributed by atoms with Crippen molar-refractivity contribution in [1.82, 2.24) is 4.98 Å². The summed E-state index contributed by atoms with van der Waals surface area (Å²) in [7, 11) is 0. The van der Waals surface area contributed by atoms with Gasteiger partial charge in [-0.25, -0.2) is 4.98 Å². The molecule has 1 aromatic rings. The van der Waals surface area contributed by atoms with Crippen molar-refractivity contribution in [2.75, 3.05) is 5.32 Å². The van der Waals surface area contributed by atoms with Crippen molar-refractivity contribution in [3.63, 3.8) is 0 Å². The minimum Gasteiger partial charge on any atom is -0.291 e. The second-order valence-corrected chi connectivity index (χ2v) is 2.98. The number of carbonyl (C=O) groups is 1. The summed E-state index contributed by atoms with van der Waals surface area (Å²) >= 11 is 1.39. The van der Waals surface area contributed by atoms with Crippen LogP contribution in [0.1, 0.15) is 12.6 Å². The van der Waals surface area contributed by atoms with E-state index in [4.69, 9.17) is 0 Å². The highest BCUT2D eigenvalue weighted by Crippen LogP contribution is 2.13. The van der Waals surface area contributed by atoms with Gasteiger partial charge in [0.1, 0.15) is 0 Å². The summed E-state index contributed by atoms with van der Waals surface area (Å²) in [6, 6.07) is 0. The highest BCUT2D eigenvalue weighted by molar-refractivity contribution is 7.13. The van der Waals surface area contributed by atoms with Crippen LogP contribution >= 0.6 is 11.3 Å². The van der Waals surface area contributed by atoms with Crippen LogP contribution in [-0.4, -0.2) is 10.9 Å². The Bertz CT molecular complexity index is 345. The van der Waals surface area contributed by atoms with Gasteiger partial charge < -0.3 is 0 Å². The van der Waals surface area contributed by atoms with Crippen molar-refractivity contribution >= 4 is 22.4 Å². The maximum absolute atomic E-state index is 10.9. The van der Waals surface area contributed by atoms with Crippen LogP contribution in [0, 0.1) is 18.8 Å². The summed E-state index contributed by atoms with van der Waals surface area (Å²) in [4.78, 5) is 15.0. The molecule has 1 amide bonds. The summed E-state index contributed by atoms with van der Waals surface area (Å²) in [6.45, 7) is 3.49. The van der Waals surface area contributed by atoms with E-state index in [1.54, 1.807) is 6.92 Å². The largest absolute Gasteiger partial charge is 0.302 e. The van der Waals surface area contributed by atoms with Crippen molar-refractivity contribution in [2.45, 2.75) is 13.8 Å². The average Bonchev–Trinajstić information content (AvgIpc) is 2.36. The maximum atomic E-state index is 10.9. The SMILES string of the molecule is CC#CC(=O)Nc1nc(C)cs1. The first-order chi connectivity index (χ1) is 5.72. The average molecular weight is 180 g/mol. The van der Waals surface area contributed by atoms with Gasteiger partial charge in [-0.15, -0.1) is 11.3 Å². The number of aryl methyl sites for hydroxylation is 1. The molecule has 0 aromatic carbocycles. The lowest BCUT2D eigenvalue weighted by atomic mass is 10.5. The molecule has 0 radical (unpaired) electrons. The monoisotopic (exact) mass is 180 g/mol. The molecular weight excluding hydrogens is 172 g/mol. The van der Waals surface area contributed by atoms with Gasteiger partial charge in [-0.1, -0.05) is 5.92 Å². The first kappa shape index (κ1) is 8.75. The van der Waals surface area contributed by atoms with Gasteiger partial charge in [0.2, 0.25) is 0 Å². The number of aromatic nitrogens is 1. The summed E-state index contributed by atoms with van der Waals surface area (Å²) in [5.74, 6) is 4.57. The minimum absolute atomic E-state index is 0.313. The van der Waals surface area contributed by atoms with Crippen molar-refractivity contribution in [3.8, 4) is 11.8 Å². The fourth-order valence-corrected chi connectivity index (χ4v) is 1.34. The number of rotatable bonds is 1. The highest BCUT2D eigenvalue weighted by Gasteiger charge is 2.00. The van der Waals surface area contributed by atoms with E-state index in [1.165, 1.54) is 11.3 Å². The molecule has 12 heavy (non-hydrogen) atoms. The molecule has 1 aromatic heterocycles. The van der Waals surface area contributed by atoms with Crippen LogP contribution in [0.2, 0.25) is 0 Å². The molecule has 62 valence electrons. The number of nitrogens with one attached hydrogen (secondary N) is 1. The van der Waals surface area contributed by atoms with E-state index in [0.717, 1.165) is 5.69 Å². The van der Waals surface area contributed by atoms with E-state index >= 15 is 0 Å². The number of anilines is 1. The Balaban J connectivity index is 2.62. The molecular formula is C8H8N2OS. The molecule has 0 atom stereocenters. The summed E-state index contributed by atoms with van der Waals surface area (Å²) < 4.78 is 0. The molecule has 0 aliphatic rings. The lowest BCUT2D eigenvalue weighted by Gasteiger charge is -1.91. The number of nitrogens with zero attached hydrogens (tertiary/aromatic N) is 1. The zero-order chi connectivity index (χ0) is 8.97.